The topological polar surface area (TPSA) is 93.7 Å². The largest absolute Gasteiger partial charge is 0.329 e. The highest BCUT2D eigenvalue weighted by Crippen LogP contribution is 2.21. The van der Waals surface area contributed by atoms with Gasteiger partial charge in [-0.2, -0.15) is 5.26 Å². The molecule has 0 spiro atoms. The second-order valence-corrected chi connectivity index (χ2v) is 7.62. The molecule has 3 rings (SSSR count). The Morgan fingerprint density at radius 3 is 2.45 bits per heavy atom. The highest BCUT2D eigenvalue weighted by Gasteiger charge is 2.36. The van der Waals surface area contributed by atoms with E-state index in [9.17, 15) is 14.0 Å². The lowest BCUT2D eigenvalue weighted by Crippen LogP contribution is -2.39. The van der Waals surface area contributed by atoms with Crippen molar-refractivity contribution in [3.05, 3.63) is 35.6 Å². The molecule has 3 amide bonds. The molecule has 1 aromatic carbocycles. The molecule has 2 aliphatic heterocycles. The molecule has 2 saturated heterocycles. The zero-order chi connectivity index (χ0) is 25.4. The number of hydrogen-bond donors (Lipinski definition) is 1. The van der Waals surface area contributed by atoms with Crippen LogP contribution in [0.3, 0.4) is 0 Å². The standard InChI is InChI=1S/C15H22FN3O.C6H8N2O.2C2H6/c1-3-14-10-18(8-11(2)17)15(20)19(14)9-12-5-4-6-13(16)7-12;7-4-6-2-1-3-8(6)5-9;2*1-2/h4-7,11,14H,3,8-10,17H2,1-2H3;5-6H,1-3H2;2*1-2H3. The number of carbonyl (C=O) groups is 2. The SMILES string of the molecule is CC.CC.CCC1CN(CC(C)N)C(=O)N1Cc1cccc(F)c1.N#CC1CCCN1C=O. The van der Waals surface area contributed by atoms with E-state index >= 15 is 0 Å². The molecule has 2 heterocycles. The van der Waals surface area contributed by atoms with Crippen molar-refractivity contribution in [1.82, 2.24) is 14.7 Å². The lowest BCUT2D eigenvalue weighted by atomic mass is 10.1. The first kappa shape index (κ1) is 30.3. The third kappa shape index (κ3) is 9.79. The quantitative estimate of drug-likeness (QED) is 0.634. The predicted octanol–water partition coefficient (Wildman–Crippen LogP) is 4.37. The molecule has 3 atom stereocenters. The predicted molar refractivity (Wildman–Crippen MR) is 131 cm³/mol. The number of halogens is 1. The summed E-state index contributed by atoms with van der Waals surface area (Å²) in [6, 6.07) is 8.45. The van der Waals surface area contributed by atoms with E-state index in [1.54, 1.807) is 15.9 Å². The van der Waals surface area contributed by atoms with Gasteiger partial charge in [0.2, 0.25) is 6.41 Å². The van der Waals surface area contributed by atoms with E-state index in [1.807, 2.05) is 45.6 Å². The molecule has 7 nitrogen and oxygen atoms in total. The van der Waals surface area contributed by atoms with Crippen LogP contribution < -0.4 is 5.73 Å². The molecular weight excluding hydrogens is 421 g/mol. The molecule has 1 aromatic rings. The van der Waals surface area contributed by atoms with Gasteiger partial charge in [-0.3, -0.25) is 4.79 Å². The van der Waals surface area contributed by atoms with Crippen molar-refractivity contribution >= 4 is 12.4 Å². The molecule has 8 heteroatoms. The van der Waals surface area contributed by atoms with E-state index in [0.29, 0.717) is 19.6 Å². The van der Waals surface area contributed by atoms with Crippen molar-refractivity contribution < 1.29 is 14.0 Å². The maximum absolute atomic E-state index is 13.2. The van der Waals surface area contributed by atoms with Crippen LogP contribution in [-0.4, -0.2) is 64.9 Å². The van der Waals surface area contributed by atoms with E-state index in [0.717, 1.165) is 37.8 Å². The second-order valence-electron chi connectivity index (χ2n) is 7.62. The van der Waals surface area contributed by atoms with Crippen LogP contribution in [-0.2, 0) is 11.3 Å². The Hall–Kier alpha value is -2.66. The normalized spacial score (nSPS) is 19.8. The average Bonchev–Trinajstić information content (AvgIpc) is 3.41. The number of nitriles is 1. The zero-order valence-corrected chi connectivity index (χ0v) is 21.1. The molecule has 0 radical (unpaired) electrons. The summed E-state index contributed by atoms with van der Waals surface area (Å²) in [5, 5.41) is 8.42. The Balaban J connectivity index is 0.000000658. The van der Waals surface area contributed by atoms with Crippen LogP contribution in [0.15, 0.2) is 24.3 Å². The fourth-order valence-corrected chi connectivity index (χ4v) is 3.70. The fraction of sp³-hybridized carbons (Fsp3) is 0.640. The van der Waals surface area contributed by atoms with Gasteiger partial charge in [0.25, 0.3) is 0 Å². The molecule has 0 aromatic heterocycles. The molecule has 2 aliphatic rings. The van der Waals surface area contributed by atoms with Gasteiger partial charge in [-0.05, 0) is 43.9 Å². The lowest BCUT2D eigenvalue weighted by Gasteiger charge is -2.22. The van der Waals surface area contributed by atoms with Crippen molar-refractivity contribution in [1.29, 1.82) is 5.26 Å². The summed E-state index contributed by atoms with van der Waals surface area (Å²) in [5.41, 5.74) is 6.60. The van der Waals surface area contributed by atoms with E-state index < -0.39 is 0 Å². The average molecular weight is 464 g/mol. The van der Waals surface area contributed by atoms with Crippen molar-refractivity contribution in [2.45, 2.75) is 85.5 Å². The van der Waals surface area contributed by atoms with E-state index in [4.69, 9.17) is 11.0 Å². The molecule has 0 saturated carbocycles. The van der Waals surface area contributed by atoms with Crippen LogP contribution in [0.1, 0.15) is 66.4 Å². The van der Waals surface area contributed by atoms with Gasteiger partial charge in [0.1, 0.15) is 11.9 Å². The minimum atomic E-state index is -0.269. The Labute approximate surface area is 199 Å². The molecule has 3 unspecified atom stereocenters. The van der Waals surface area contributed by atoms with E-state index in [2.05, 4.69) is 13.0 Å². The van der Waals surface area contributed by atoms with Crippen molar-refractivity contribution in [2.75, 3.05) is 19.6 Å². The molecule has 0 bridgehead atoms. The molecule has 2 fully saturated rings. The number of urea groups is 1. The summed E-state index contributed by atoms with van der Waals surface area (Å²) in [7, 11) is 0. The Bertz CT molecular complexity index is 738. The molecule has 2 N–H and O–H groups in total. The first-order valence-electron chi connectivity index (χ1n) is 12.1. The highest BCUT2D eigenvalue weighted by atomic mass is 19.1. The number of nitrogens with two attached hydrogens (primary N) is 1. The van der Waals surface area contributed by atoms with Gasteiger partial charge < -0.3 is 20.4 Å². The monoisotopic (exact) mass is 463 g/mol. The molecule has 186 valence electrons. The minimum absolute atomic E-state index is 0.00147. The van der Waals surface area contributed by atoms with Gasteiger partial charge in [-0.1, -0.05) is 46.8 Å². The molecular formula is C25H42FN5O2. The summed E-state index contributed by atoms with van der Waals surface area (Å²) < 4.78 is 13.2. The third-order valence-electron chi connectivity index (χ3n) is 5.19. The Kier molecular flexibility index (Phi) is 15.5. The van der Waals surface area contributed by atoms with Crippen LogP contribution in [0.4, 0.5) is 9.18 Å². The molecule has 33 heavy (non-hydrogen) atoms. The maximum Gasteiger partial charge on any atom is 0.320 e. The number of amides is 3. The number of benzene rings is 1. The second kappa shape index (κ2) is 16.9. The van der Waals surface area contributed by atoms with Gasteiger partial charge in [0.05, 0.1) is 12.1 Å². The van der Waals surface area contributed by atoms with E-state index in [-0.39, 0.29) is 30.0 Å². The first-order valence-corrected chi connectivity index (χ1v) is 12.1. The molecule has 0 aliphatic carbocycles. The van der Waals surface area contributed by atoms with Crippen LogP contribution in [0.25, 0.3) is 0 Å². The summed E-state index contributed by atoms with van der Waals surface area (Å²) in [6.07, 6.45) is 3.45. The number of likely N-dealkylation sites (tertiary alicyclic amines) is 1. The van der Waals surface area contributed by atoms with Crippen LogP contribution in [0.2, 0.25) is 0 Å². The minimum Gasteiger partial charge on any atom is -0.329 e. The van der Waals surface area contributed by atoms with Gasteiger partial charge in [-0.15, -0.1) is 0 Å². The number of carbonyl (C=O) groups excluding carboxylic acids is 2. The number of nitrogens with zero attached hydrogens (tertiary/aromatic N) is 4. The summed E-state index contributed by atoms with van der Waals surface area (Å²) in [5.74, 6) is -0.269. The van der Waals surface area contributed by atoms with E-state index in [1.165, 1.54) is 12.1 Å². The summed E-state index contributed by atoms with van der Waals surface area (Å²) >= 11 is 0. The first-order chi connectivity index (χ1) is 15.9. The summed E-state index contributed by atoms with van der Waals surface area (Å²) in [6.45, 7) is 14.4. The van der Waals surface area contributed by atoms with Crippen LogP contribution >= 0.6 is 0 Å². The highest BCUT2D eigenvalue weighted by molar-refractivity contribution is 5.77. The van der Waals surface area contributed by atoms with Gasteiger partial charge in [0, 0.05) is 32.2 Å². The Morgan fingerprint density at radius 1 is 1.30 bits per heavy atom. The summed E-state index contributed by atoms with van der Waals surface area (Å²) in [4.78, 5) is 27.7. The van der Waals surface area contributed by atoms with Crippen molar-refractivity contribution in [3.63, 3.8) is 0 Å². The zero-order valence-electron chi connectivity index (χ0n) is 21.1. The third-order valence-corrected chi connectivity index (χ3v) is 5.19. The van der Waals surface area contributed by atoms with Crippen molar-refractivity contribution in [2.24, 2.45) is 5.73 Å². The maximum atomic E-state index is 13.2. The van der Waals surface area contributed by atoms with Crippen molar-refractivity contribution in [3.8, 4) is 6.07 Å². The van der Waals surface area contributed by atoms with Gasteiger partial charge in [-0.25, -0.2) is 9.18 Å². The van der Waals surface area contributed by atoms with Gasteiger partial charge >= 0.3 is 6.03 Å². The number of rotatable bonds is 6. The fourth-order valence-electron chi connectivity index (χ4n) is 3.70. The Morgan fingerprint density at radius 2 is 1.97 bits per heavy atom. The number of hydrogen-bond acceptors (Lipinski definition) is 4. The van der Waals surface area contributed by atoms with Crippen LogP contribution in [0.5, 0.6) is 0 Å². The van der Waals surface area contributed by atoms with Crippen LogP contribution in [0, 0.1) is 17.1 Å². The lowest BCUT2D eigenvalue weighted by molar-refractivity contribution is -0.118. The van der Waals surface area contributed by atoms with Gasteiger partial charge in [0.15, 0.2) is 0 Å². The smallest absolute Gasteiger partial charge is 0.320 e.